The van der Waals surface area contributed by atoms with Gasteiger partial charge < -0.3 is 30.2 Å². The van der Waals surface area contributed by atoms with Gasteiger partial charge in [0, 0.05) is 18.7 Å². The Morgan fingerprint density at radius 3 is 2.44 bits per heavy atom. The predicted octanol–water partition coefficient (Wildman–Crippen LogP) is 5.05. The summed E-state index contributed by atoms with van der Waals surface area (Å²) in [6.07, 6.45) is 8.14. The zero-order valence-electron chi connectivity index (χ0n) is 29.2. The third-order valence-electron chi connectivity index (χ3n) is 8.75. The number of benzene rings is 1. The molecule has 2 amide bonds. The number of nitrogens with zero attached hydrogens (tertiary/aromatic N) is 3. The van der Waals surface area contributed by atoms with Crippen LogP contribution >= 0.6 is 23.5 Å². The van der Waals surface area contributed by atoms with Gasteiger partial charge in [-0.25, -0.2) is 0 Å². The number of aryl methyl sites for hydroxylation is 1. The number of nitrogens with one attached hydrogen (secondary N) is 3. The second-order valence-corrected chi connectivity index (χ2v) is 13.9. The number of anilines is 1. The molecule has 1 aliphatic rings. The maximum Gasteiger partial charge on any atom is 0.243 e. The predicted molar refractivity (Wildman–Crippen MR) is 200 cm³/mol. The Bertz CT molecular complexity index is 1900. The molecule has 1 aliphatic carbocycles. The molecule has 0 fully saturated rings. The summed E-state index contributed by atoms with van der Waals surface area (Å²) in [6.45, 7) is 1.46. The summed E-state index contributed by atoms with van der Waals surface area (Å²) >= 11 is 3.31. The number of hydrogen-bond donors (Lipinski definition) is 3. The molecule has 0 radical (unpaired) electrons. The largest absolute Gasteiger partial charge is 0.493 e. The Morgan fingerprint density at radius 1 is 0.980 bits per heavy atom. The molecule has 266 valence electrons. The highest BCUT2D eigenvalue weighted by Gasteiger charge is 2.30. The summed E-state index contributed by atoms with van der Waals surface area (Å²) in [5.41, 5.74) is 3.68. The Hall–Kier alpha value is -4.43. The van der Waals surface area contributed by atoms with E-state index in [9.17, 15) is 14.4 Å². The number of carbonyl (C=O) groups excluding carboxylic acids is 2. The molecule has 2 heterocycles. The van der Waals surface area contributed by atoms with Crippen LogP contribution in [0.2, 0.25) is 0 Å². The lowest BCUT2D eigenvalue weighted by atomic mass is 9.95. The van der Waals surface area contributed by atoms with Crippen LogP contribution in [0.1, 0.15) is 55.2 Å². The van der Waals surface area contributed by atoms with Crippen LogP contribution < -0.4 is 35.6 Å². The number of methoxy groups -OCH3 is 3. The molecule has 0 saturated heterocycles. The maximum absolute atomic E-state index is 14.1. The maximum atomic E-state index is 14.1. The standard InChI is InChI=1S/C36H44N6O6S2/c1-21(43)37-25-12-10-22-19-30(46-2)33(47-3)34(48-4)32(22)23-11-13-26(29(44)20-24(23)25)38-28(15-18-50-6)36(45)39-27(14-17-49-5)35-41-40-31-9-7-8-16-42(31)35/h7-9,11,13,16,19-20,25,27-28H,10,12,14-15,17-18H2,1-6H3,(H,37,43)(H,38,44)(H,39,45)/t25-,27-,28-/m1/s1. The number of fused-ring (bicyclic) bond motifs is 4. The SMILES string of the molecule is COc1cc2c(c(OC)c1OC)-c1ccc(N[C@H](CCSC)C(=O)N[C@H](CCSC)c3nnc4ccccn34)c(=O)cc1[C@H](NC(C)=O)CC2. The molecule has 0 saturated carbocycles. The number of hydrogen-bond acceptors (Lipinski definition) is 11. The van der Waals surface area contributed by atoms with Gasteiger partial charge in [0.2, 0.25) is 23.0 Å². The second-order valence-electron chi connectivity index (χ2n) is 11.9. The molecule has 0 unspecified atom stereocenters. The fourth-order valence-corrected chi connectivity index (χ4v) is 7.33. The van der Waals surface area contributed by atoms with E-state index < -0.39 is 18.1 Å². The molecule has 0 aliphatic heterocycles. The van der Waals surface area contributed by atoms with Gasteiger partial charge in [-0.3, -0.25) is 18.8 Å². The van der Waals surface area contributed by atoms with Crippen molar-refractivity contribution in [2.24, 2.45) is 0 Å². The first-order chi connectivity index (χ1) is 24.2. The van der Waals surface area contributed by atoms with Gasteiger partial charge in [0.15, 0.2) is 23.0 Å². The number of aromatic nitrogens is 3. The van der Waals surface area contributed by atoms with Gasteiger partial charge in [-0.2, -0.15) is 23.5 Å². The quantitative estimate of drug-likeness (QED) is 0.152. The molecule has 0 spiro atoms. The van der Waals surface area contributed by atoms with E-state index in [2.05, 4.69) is 26.1 Å². The van der Waals surface area contributed by atoms with E-state index in [0.29, 0.717) is 71.3 Å². The molecule has 50 heavy (non-hydrogen) atoms. The first-order valence-electron chi connectivity index (χ1n) is 16.4. The van der Waals surface area contributed by atoms with Crippen molar-refractivity contribution in [1.29, 1.82) is 0 Å². The zero-order valence-corrected chi connectivity index (χ0v) is 30.8. The topological polar surface area (TPSA) is 145 Å². The van der Waals surface area contributed by atoms with Crippen LogP contribution in [0.3, 0.4) is 0 Å². The lowest BCUT2D eigenvalue weighted by molar-refractivity contribution is -0.123. The van der Waals surface area contributed by atoms with Gasteiger partial charge in [-0.1, -0.05) is 12.1 Å². The molecule has 2 aromatic heterocycles. The van der Waals surface area contributed by atoms with E-state index in [-0.39, 0.29) is 22.9 Å². The van der Waals surface area contributed by atoms with Gasteiger partial charge in [-0.15, -0.1) is 10.2 Å². The highest BCUT2D eigenvalue weighted by atomic mass is 32.2. The third-order valence-corrected chi connectivity index (χ3v) is 10.0. The van der Waals surface area contributed by atoms with Crippen molar-refractivity contribution < 1.29 is 23.8 Å². The van der Waals surface area contributed by atoms with Crippen LogP contribution in [0.5, 0.6) is 17.2 Å². The number of rotatable bonds is 15. The Balaban J connectivity index is 1.56. The summed E-state index contributed by atoms with van der Waals surface area (Å²) in [5.74, 6) is 3.10. The number of thioether (sulfide) groups is 2. The Labute approximate surface area is 300 Å². The minimum Gasteiger partial charge on any atom is -0.493 e. The van der Waals surface area contributed by atoms with Gasteiger partial charge >= 0.3 is 0 Å². The number of carbonyl (C=O) groups is 2. The molecular weight excluding hydrogens is 677 g/mol. The van der Waals surface area contributed by atoms with E-state index in [0.717, 1.165) is 16.9 Å². The number of ether oxygens (including phenoxy) is 3. The average Bonchev–Trinajstić information content (AvgIpc) is 3.41. The van der Waals surface area contributed by atoms with E-state index in [4.69, 9.17) is 14.2 Å². The highest BCUT2D eigenvalue weighted by Crippen LogP contribution is 2.50. The minimum absolute atomic E-state index is 0.211. The second kappa shape index (κ2) is 17.0. The van der Waals surface area contributed by atoms with E-state index in [1.807, 2.05) is 53.4 Å². The molecule has 4 aromatic rings. The minimum atomic E-state index is -0.717. The summed E-state index contributed by atoms with van der Waals surface area (Å²) in [6, 6.07) is 11.1. The smallest absolute Gasteiger partial charge is 0.243 e. The first-order valence-corrected chi connectivity index (χ1v) is 19.1. The van der Waals surface area contributed by atoms with Crippen molar-refractivity contribution in [2.75, 3.05) is 50.7 Å². The Morgan fingerprint density at radius 2 is 1.74 bits per heavy atom. The third kappa shape index (κ3) is 7.96. The van der Waals surface area contributed by atoms with Crippen molar-refractivity contribution in [1.82, 2.24) is 25.2 Å². The zero-order chi connectivity index (χ0) is 35.8. The van der Waals surface area contributed by atoms with E-state index in [1.54, 1.807) is 57.0 Å². The van der Waals surface area contributed by atoms with E-state index >= 15 is 0 Å². The molecule has 12 nitrogen and oxygen atoms in total. The fraction of sp³-hybridized carbons (Fsp3) is 0.417. The van der Waals surface area contributed by atoms with Crippen molar-refractivity contribution in [3.8, 4) is 28.4 Å². The lowest BCUT2D eigenvalue weighted by Crippen LogP contribution is -2.43. The molecule has 3 N–H and O–H groups in total. The van der Waals surface area contributed by atoms with E-state index in [1.165, 1.54) is 6.92 Å². The number of amides is 2. The van der Waals surface area contributed by atoms with Crippen LogP contribution in [0.15, 0.2) is 53.5 Å². The summed E-state index contributed by atoms with van der Waals surface area (Å²) in [5, 5.41) is 18.2. The number of pyridine rings is 1. The molecule has 0 bridgehead atoms. The fourth-order valence-electron chi connectivity index (χ4n) is 6.39. The van der Waals surface area contributed by atoms with Crippen LogP contribution in [-0.2, 0) is 16.0 Å². The molecule has 2 aromatic carbocycles. The van der Waals surface area contributed by atoms with Crippen LogP contribution in [0.25, 0.3) is 16.8 Å². The summed E-state index contributed by atoms with van der Waals surface area (Å²) in [4.78, 5) is 40.5. The van der Waals surface area contributed by atoms with Gasteiger partial charge in [0.05, 0.1) is 39.1 Å². The monoisotopic (exact) mass is 720 g/mol. The van der Waals surface area contributed by atoms with Crippen LogP contribution in [-0.4, -0.2) is 77.8 Å². The molecule has 5 rings (SSSR count). The Kier molecular flexibility index (Phi) is 12.5. The van der Waals surface area contributed by atoms with Crippen LogP contribution in [0, 0.1) is 0 Å². The summed E-state index contributed by atoms with van der Waals surface area (Å²) in [7, 11) is 4.68. The van der Waals surface area contributed by atoms with Crippen LogP contribution in [0.4, 0.5) is 5.69 Å². The van der Waals surface area contributed by atoms with Gasteiger partial charge in [0.25, 0.3) is 0 Å². The lowest BCUT2D eigenvalue weighted by Gasteiger charge is -2.23. The van der Waals surface area contributed by atoms with Crippen molar-refractivity contribution in [3.63, 3.8) is 0 Å². The van der Waals surface area contributed by atoms with Gasteiger partial charge in [-0.05, 0) is 96.7 Å². The first kappa shape index (κ1) is 36.8. The van der Waals surface area contributed by atoms with Crippen molar-refractivity contribution in [2.45, 2.75) is 50.7 Å². The molecular formula is C36H44N6O6S2. The van der Waals surface area contributed by atoms with Gasteiger partial charge in [0.1, 0.15) is 6.04 Å². The van der Waals surface area contributed by atoms with Crippen molar-refractivity contribution in [3.05, 3.63) is 75.8 Å². The molecule has 3 atom stereocenters. The summed E-state index contributed by atoms with van der Waals surface area (Å²) < 4.78 is 19.1. The van der Waals surface area contributed by atoms with Crippen molar-refractivity contribution >= 4 is 46.7 Å². The molecule has 14 heteroatoms. The normalized spacial score (nSPS) is 14.8. The average molecular weight is 721 g/mol. The highest BCUT2D eigenvalue weighted by molar-refractivity contribution is 7.98.